The maximum absolute atomic E-state index is 12.1. The molecule has 0 aliphatic carbocycles. The molecule has 9 nitrogen and oxygen atoms in total. The third-order valence-corrected chi connectivity index (χ3v) is 3.86. The molecule has 2 rings (SSSR count). The minimum Gasteiger partial charge on any atom is -0.493 e. The fourth-order valence-corrected chi connectivity index (χ4v) is 2.42. The fraction of sp³-hybridized carbons (Fsp3) is 0.176. The predicted molar refractivity (Wildman–Crippen MR) is 97.0 cm³/mol. The lowest BCUT2D eigenvalue weighted by Crippen LogP contribution is -2.42. The summed E-state index contributed by atoms with van der Waals surface area (Å²) in [5.74, 6) is -0.285. The van der Waals surface area contributed by atoms with Gasteiger partial charge in [-0.05, 0) is 23.8 Å². The van der Waals surface area contributed by atoms with Crippen LogP contribution >= 0.6 is 11.6 Å². The number of carbonyl (C=O) groups excluding carboxylic acids is 2. The molecule has 0 saturated heterocycles. The fourth-order valence-electron chi connectivity index (χ4n) is 2.21. The largest absolute Gasteiger partial charge is 0.493 e. The number of halogens is 1. The van der Waals surface area contributed by atoms with Gasteiger partial charge in [-0.1, -0.05) is 17.7 Å². The molecule has 142 valence electrons. The highest BCUT2D eigenvalue weighted by atomic mass is 35.5. The van der Waals surface area contributed by atoms with E-state index in [0.717, 1.165) is 6.07 Å². The molecule has 0 aliphatic heterocycles. The van der Waals surface area contributed by atoms with E-state index in [1.54, 1.807) is 18.2 Å². The lowest BCUT2D eigenvalue weighted by molar-refractivity contribution is -0.384. The first-order valence-corrected chi connectivity index (χ1v) is 7.97. The van der Waals surface area contributed by atoms with Crippen LogP contribution in [0.5, 0.6) is 11.5 Å². The monoisotopic (exact) mass is 393 g/mol. The standard InChI is InChI=1S/C17H16ClN3O6/c1-26-14-6-3-10(7-15(14)27-2)8-16(22)19-20-17(23)12-9-11(21(24)25)4-5-13(12)18/h3-7,9H,8H2,1-2H3,(H,19,22)(H,20,23). The second-order valence-electron chi connectivity index (χ2n) is 5.29. The normalized spacial score (nSPS) is 10.0. The van der Waals surface area contributed by atoms with Crippen molar-refractivity contribution >= 4 is 29.1 Å². The van der Waals surface area contributed by atoms with Gasteiger partial charge in [-0.2, -0.15) is 0 Å². The highest BCUT2D eigenvalue weighted by molar-refractivity contribution is 6.34. The number of nitrogens with zero attached hydrogens (tertiary/aromatic N) is 1. The highest BCUT2D eigenvalue weighted by Crippen LogP contribution is 2.27. The number of non-ortho nitro benzene ring substituents is 1. The van der Waals surface area contributed by atoms with Gasteiger partial charge in [-0.25, -0.2) is 0 Å². The summed E-state index contributed by atoms with van der Waals surface area (Å²) in [7, 11) is 2.98. The van der Waals surface area contributed by atoms with Crippen molar-refractivity contribution in [2.24, 2.45) is 0 Å². The number of rotatable bonds is 6. The Labute approximate surface area is 159 Å². The number of hydrogen-bond acceptors (Lipinski definition) is 6. The van der Waals surface area contributed by atoms with E-state index < -0.39 is 16.7 Å². The van der Waals surface area contributed by atoms with E-state index in [-0.39, 0.29) is 22.7 Å². The second-order valence-corrected chi connectivity index (χ2v) is 5.70. The molecular formula is C17H16ClN3O6. The van der Waals surface area contributed by atoms with Gasteiger partial charge in [0, 0.05) is 12.1 Å². The molecule has 2 amide bonds. The summed E-state index contributed by atoms with van der Waals surface area (Å²) in [6.07, 6.45) is -0.0384. The van der Waals surface area contributed by atoms with Crippen LogP contribution in [0.2, 0.25) is 5.02 Å². The van der Waals surface area contributed by atoms with Gasteiger partial charge in [0.2, 0.25) is 5.91 Å². The van der Waals surface area contributed by atoms with E-state index in [2.05, 4.69) is 10.9 Å². The molecule has 0 bridgehead atoms. The van der Waals surface area contributed by atoms with Crippen LogP contribution in [0.25, 0.3) is 0 Å². The van der Waals surface area contributed by atoms with Gasteiger partial charge in [0.1, 0.15) is 0 Å². The topological polar surface area (TPSA) is 120 Å². The van der Waals surface area contributed by atoms with Crippen LogP contribution in [-0.4, -0.2) is 31.0 Å². The van der Waals surface area contributed by atoms with E-state index in [1.807, 2.05) is 0 Å². The number of hydrogen-bond donors (Lipinski definition) is 2. The maximum atomic E-state index is 12.1. The number of ether oxygens (including phenoxy) is 2. The van der Waals surface area contributed by atoms with E-state index in [0.29, 0.717) is 17.1 Å². The lowest BCUT2D eigenvalue weighted by atomic mass is 10.1. The van der Waals surface area contributed by atoms with Crippen LogP contribution in [-0.2, 0) is 11.2 Å². The molecule has 0 radical (unpaired) electrons. The molecule has 2 aromatic rings. The van der Waals surface area contributed by atoms with E-state index in [4.69, 9.17) is 21.1 Å². The van der Waals surface area contributed by atoms with E-state index >= 15 is 0 Å². The third-order valence-electron chi connectivity index (χ3n) is 3.53. The number of carbonyl (C=O) groups is 2. The van der Waals surface area contributed by atoms with E-state index in [9.17, 15) is 19.7 Å². The van der Waals surface area contributed by atoms with Gasteiger partial charge in [0.25, 0.3) is 11.6 Å². The summed E-state index contributed by atoms with van der Waals surface area (Å²) in [6.45, 7) is 0. The van der Waals surface area contributed by atoms with Crippen molar-refractivity contribution in [1.29, 1.82) is 0 Å². The lowest BCUT2D eigenvalue weighted by Gasteiger charge is -2.11. The summed E-state index contributed by atoms with van der Waals surface area (Å²) < 4.78 is 10.3. The number of methoxy groups -OCH3 is 2. The number of nitro groups is 1. The third kappa shape index (κ3) is 5.08. The molecule has 0 aromatic heterocycles. The second kappa shape index (κ2) is 8.86. The van der Waals surface area contributed by atoms with Crippen LogP contribution in [0, 0.1) is 10.1 Å². The molecule has 10 heteroatoms. The number of hydrazine groups is 1. The highest BCUT2D eigenvalue weighted by Gasteiger charge is 2.16. The zero-order valence-corrected chi connectivity index (χ0v) is 15.2. The summed E-state index contributed by atoms with van der Waals surface area (Å²) in [5, 5.41) is 10.8. The molecule has 0 saturated carbocycles. The first kappa shape index (κ1) is 20.0. The quantitative estimate of drug-likeness (QED) is 0.573. The predicted octanol–water partition coefficient (Wildman–Crippen LogP) is 2.27. The Balaban J connectivity index is 2.00. The summed E-state index contributed by atoms with van der Waals surface area (Å²) >= 11 is 5.88. The molecule has 2 N–H and O–H groups in total. The molecule has 27 heavy (non-hydrogen) atoms. The Morgan fingerprint density at radius 3 is 2.41 bits per heavy atom. The van der Waals surface area contributed by atoms with Crippen molar-refractivity contribution in [3.63, 3.8) is 0 Å². The summed E-state index contributed by atoms with van der Waals surface area (Å²) in [6, 6.07) is 8.41. The average molecular weight is 394 g/mol. The minimum atomic E-state index is -0.774. The van der Waals surface area contributed by atoms with Gasteiger partial charge >= 0.3 is 0 Å². The van der Waals surface area contributed by atoms with Gasteiger partial charge in [0.15, 0.2) is 11.5 Å². The molecular weight excluding hydrogens is 378 g/mol. The van der Waals surface area contributed by atoms with Crippen LogP contribution in [0.3, 0.4) is 0 Å². The summed E-state index contributed by atoms with van der Waals surface area (Å²) in [5.41, 5.74) is 4.62. The van der Waals surface area contributed by atoms with E-state index in [1.165, 1.54) is 26.4 Å². The molecule has 0 heterocycles. The van der Waals surface area contributed by atoms with Crippen LogP contribution < -0.4 is 20.3 Å². The molecule has 0 unspecified atom stereocenters. The maximum Gasteiger partial charge on any atom is 0.271 e. The zero-order chi connectivity index (χ0) is 20.0. The summed E-state index contributed by atoms with van der Waals surface area (Å²) in [4.78, 5) is 34.3. The van der Waals surface area contributed by atoms with Crippen molar-refractivity contribution in [3.05, 3.63) is 62.7 Å². The number of benzene rings is 2. The number of nitrogens with one attached hydrogen (secondary N) is 2. The minimum absolute atomic E-state index is 0.0206. The Hall–Kier alpha value is -3.33. The van der Waals surface area contributed by atoms with Crippen molar-refractivity contribution < 1.29 is 24.0 Å². The molecule has 0 aliphatic rings. The van der Waals surface area contributed by atoms with Gasteiger partial charge in [-0.15, -0.1) is 0 Å². The number of nitro benzene ring substituents is 1. The van der Waals surface area contributed by atoms with Gasteiger partial charge < -0.3 is 9.47 Å². The van der Waals surface area contributed by atoms with Crippen LogP contribution in [0.4, 0.5) is 5.69 Å². The van der Waals surface area contributed by atoms with Gasteiger partial charge in [0.05, 0.1) is 36.1 Å². The molecule has 0 fully saturated rings. The van der Waals surface area contributed by atoms with Crippen molar-refractivity contribution in [3.8, 4) is 11.5 Å². The van der Waals surface area contributed by atoms with Crippen molar-refractivity contribution in [2.45, 2.75) is 6.42 Å². The first-order valence-electron chi connectivity index (χ1n) is 7.59. The first-order chi connectivity index (χ1) is 12.8. The van der Waals surface area contributed by atoms with Crippen LogP contribution in [0.1, 0.15) is 15.9 Å². The Kier molecular flexibility index (Phi) is 6.56. The van der Waals surface area contributed by atoms with Crippen molar-refractivity contribution in [1.82, 2.24) is 10.9 Å². The Morgan fingerprint density at radius 2 is 1.78 bits per heavy atom. The molecule has 2 aromatic carbocycles. The molecule has 0 spiro atoms. The smallest absolute Gasteiger partial charge is 0.271 e. The van der Waals surface area contributed by atoms with Gasteiger partial charge in [-0.3, -0.25) is 30.6 Å². The Bertz CT molecular complexity index is 887. The van der Waals surface area contributed by atoms with Crippen molar-refractivity contribution in [2.75, 3.05) is 14.2 Å². The SMILES string of the molecule is COc1ccc(CC(=O)NNC(=O)c2cc([N+](=O)[O-])ccc2Cl)cc1OC. The Morgan fingerprint density at radius 1 is 1.07 bits per heavy atom. The van der Waals surface area contributed by atoms with Crippen LogP contribution in [0.15, 0.2) is 36.4 Å². The number of amides is 2. The molecule has 0 atom stereocenters. The average Bonchev–Trinajstić information content (AvgIpc) is 2.66. The zero-order valence-electron chi connectivity index (χ0n) is 14.4.